The topological polar surface area (TPSA) is 58.2 Å². The summed E-state index contributed by atoms with van der Waals surface area (Å²) in [6, 6.07) is 16.5. The molecular weight excluding hydrogens is 336 g/mol. The average Bonchev–Trinajstić information content (AvgIpc) is 2.60. The van der Waals surface area contributed by atoms with Crippen LogP contribution in [0.4, 0.5) is 0 Å². The van der Waals surface area contributed by atoms with Crippen molar-refractivity contribution in [2.24, 2.45) is 0 Å². The number of nitrogens with one attached hydrogen (secondary N) is 2. The van der Waals surface area contributed by atoms with E-state index >= 15 is 0 Å². The molecule has 0 aliphatic heterocycles. The van der Waals surface area contributed by atoms with Crippen LogP contribution in [0.3, 0.4) is 0 Å². The molecule has 4 nitrogen and oxygen atoms in total. The molecule has 0 bridgehead atoms. The quantitative estimate of drug-likeness (QED) is 0.780. The molecule has 0 unspecified atom stereocenters. The van der Waals surface area contributed by atoms with Gasteiger partial charge in [-0.3, -0.25) is 9.59 Å². The summed E-state index contributed by atoms with van der Waals surface area (Å²) in [6.45, 7) is 0.808. The van der Waals surface area contributed by atoms with Crippen LogP contribution in [0.1, 0.15) is 35.2 Å². The maximum atomic E-state index is 12.7. The molecule has 0 spiro atoms. The summed E-state index contributed by atoms with van der Waals surface area (Å²) in [6.07, 6.45) is 2.73. The molecule has 0 radical (unpaired) electrons. The Hall–Kier alpha value is -2.33. The molecule has 130 valence electrons. The summed E-state index contributed by atoms with van der Waals surface area (Å²) < 4.78 is 0. The lowest BCUT2D eigenvalue weighted by molar-refractivity contribution is -0.129. The number of carbonyl (C=O) groups excluding carboxylic acids is 2. The van der Waals surface area contributed by atoms with Gasteiger partial charge in [-0.25, -0.2) is 0 Å². The molecule has 1 fully saturated rings. The molecule has 1 saturated carbocycles. The summed E-state index contributed by atoms with van der Waals surface area (Å²) in [4.78, 5) is 24.7. The Kier molecular flexibility index (Phi) is 5.39. The van der Waals surface area contributed by atoms with Gasteiger partial charge in [-0.1, -0.05) is 48.4 Å². The lowest BCUT2D eigenvalue weighted by atomic mass is 9.64. The number of halogens is 1. The van der Waals surface area contributed by atoms with Gasteiger partial charge in [0.05, 0.1) is 5.41 Å². The highest BCUT2D eigenvalue weighted by Gasteiger charge is 2.45. The summed E-state index contributed by atoms with van der Waals surface area (Å²) in [5.41, 5.74) is 1.17. The van der Waals surface area contributed by atoms with Crippen LogP contribution in [-0.2, 0) is 10.2 Å². The van der Waals surface area contributed by atoms with Crippen LogP contribution in [0.15, 0.2) is 54.6 Å². The number of hydrogen-bond donors (Lipinski definition) is 2. The Labute approximate surface area is 152 Å². The standard InChI is InChI=1S/C20H21ClN2O2/c21-17-9-7-16(8-10-17)20(11-4-12-20)19(25)23-14-13-22-18(24)15-5-2-1-3-6-15/h1-3,5-10H,4,11-14H2,(H,22,24)(H,23,25). The lowest BCUT2D eigenvalue weighted by Crippen LogP contribution is -2.50. The number of amides is 2. The molecule has 0 atom stereocenters. The fraction of sp³-hybridized carbons (Fsp3) is 0.300. The van der Waals surface area contributed by atoms with Gasteiger partial charge < -0.3 is 10.6 Å². The molecule has 0 aromatic heterocycles. The van der Waals surface area contributed by atoms with Crippen LogP contribution in [0.5, 0.6) is 0 Å². The van der Waals surface area contributed by atoms with E-state index < -0.39 is 5.41 Å². The summed E-state index contributed by atoms with van der Waals surface area (Å²) in [7, 11) is 0. The first-order chi connectivity index (χ1) is 12.1. The minimum Gasteiger partial charge on any atom is -0.354 e. The zero-order chi connectivity index (χ0) is 17.7. The van der Waals surface area contributed by atoms with Gasteiger partial charge in [-0.05, 0) is 42.7 Å². The molecule has 2 N–H and O–H groups in total. The molecule has 1 aliphatic carbocycles. The lowest BCUT2D eigenvalue weighted by Gasteiger charge is -2.40. The van der Waals surface area contributed by atoms with E-state index in [9.17, 15) is 9.59 Å². The Morgan fingerprint density at radius 1 is 0.920 bits per heavy atom. The van der Waals surface area contributed by atoms with Crippen molar-refractivity contribution in [3.63, 3.8) is 0 Å². The highest BCUT2D eigenvalue weighted by molar-refractivity contribution is 6.30. The molecule has 0 heterocycles. The third-order valence-electron chi connectivity index (χ3n) is 4.77. The molecular formula is C20H21ClN2O2. The van der Waals surface area contributed by atoms with Crippen molar-refractivity contribution in [1.29, 1.82) is 0 Å². The van der Waals surface area contributed by atoms with Crippen LogP contribution in [0, 0.1) is 0 Å². The molecule has 2 aromatic carbocycles. The van der Waals surface area contributed by atoms with E-state index in [0.717, 1.165) is 24.8 Å². The third kappa shape index (κ3) is 3.85. The van der Waals surface area contributed by atoms with E-state index in [2.05, 4.69) is 10.6 Å². The second-order valence-electron chi connectivity index (χ2n) is 6.32. The average molecular weight is 357 g/mol. The van der Waals surface area contributed by atoms with E-state index in [0.29, 0.717) is 23.7 Å². The van der Waals surface area contributed by atoms with E-state index in [1.165, 1.54) is 0 Å². The first kappa shape index (κ1) is 17.5. The minimum atomic E-state index is -0.450. The molecule has 2 aromatic rings. The minimum absolute atomic E-state index is 0.0232. The molecule has 3 rings (SSSR count). The zero-order valence-corrected chi connectivity index (χ0v) is 14.7. The van der Waals surface area contributed by atoms with E-state index in [4.69, 9.17) is 11.6 Å². The number of benzene rings is 2. The van der Waals surface area contributed by atoms with E-state index in [1.54, 1.807) is 12.1 Å². The summed E-state index contributed by atoms with van der Waals surface area (Å²) >= 11 is 5.94. The predicted octanol–water partition coefficient (Wildman–Crippen LogP) is 3.31. The monoisotopic (exact) mass is 356 g/mol. The van der Waals surface area contributed by atoms with Gasteiger partial charge in [0.2, 0.25) is 5.91 Å². The van der Waals surface area contributed by atoms with Crippen LogP contribution in [0.25, 0.3) is 0 Å². The largest absolute Gasteiger partial charge is 0.354 e. The molecule has 2 amide bonds. The number of carbonyl (C=O) groups is 2. The van der Waals surface area contributed by atoms with Gasteiger partial charge >= 0.3 is 0 Å². The highest BCUT2D eigenvalue weighted by Crippen LogP contribution is 2.44. The smallest absolute Gasteiger partial charge is 0.251 e. The van der Waals surface area contributed by atoms with Gasteiger partial charge in [0.1, 0.15) is 0 Å². The van der Waals surface area contributed by atoms with Crippen molar-refractivity contribution >= 4 is 23.4 Å². The second kappa shape index (κ2) is 7.70. The van der Waals surface area contributed by atoms with Gasteiger partial charge in [-0.15, -0.1) is 0 Å². The fourth-order valence-corrected chi connectivity index (χ4v) is 3.28. The van der Waals surface area contributed by atoms with Gasteiger partial charge in [0.25, 0.3) is 5.91 Å². The van der Waals surface area contributed by atoms with Crippen molar-refractivity contribution in [1.82, 2.24) is 10.6 Å². The molecule has 0 saturated heterocycles. The van der Waals surface area contributed by atoms with Crippen molar-refractivity contribution in [2.45, 2.75) is 24.7 Å². The van der Waals surface area contributed by atoms with Crippen LogP contribution >= 0.6 is 11.6 Å². The molecule has 1 aliphatic rings. The van der Waals surface area contributed by atoms with Gasteiger partial charge in [-0.2, -0.15) is 0 Å². The number of rotatable bonds is 6. The first-order valence-electron chi connectivity index (χ1n) is 8.49. The van der Waals surface area contributed by atoms with E-state index in [-0.39, 0.29) is 11.8 Å². The summed E-state index contributed by atoms with van der Waals surface area (Å²) in [5, 5.41) is 6.45. The molecule has 25 heavy (non-hydrogen) atoms. The fourth-order valence-electron chi connectivity index (χ4n) is 3.16. The van der Waals surface area contributed by atoms with Crippen molar-refractivity contribution in [3.8, 4) is 0 Å². The van der Waals surface area contributed by atoms with Crippen molar-refractivity contribution < 1.29 is 9.59 Å². The van der Waals surface area contributed by atoms with Crippen LogP contribution < -0.4 is 10.6 Å². The van der Waals surface area contributed by atoms with Crippen LogP contribution in [0.2, 0.25) is 5.02 Å². The third-order valence-corrected chi connectivity index (χ3v) is 5.02. The Balaban J connectivity index is 1.51. The number of hydrogen-bond acceptors (Lipinski definition) is 2. The predicted molar refractivity (Wildman–Crippen MR) is 98.8 cm³/mol. The highest BCUT2D eigenvalue weighted by atomic mass is 35.5. The maximum Gasteiger partial charge on any atom is 0.251 e. The summed E-state index contributed by atoms with van der Waals surface area (Å²) in [5.74, 6) is -0.110. The Bertz CT molecular complexity index is 740. The first-order valence-corrected chi connectivity index (χ1v) is 8.87. The van der Waals surface area contributed by atoms with Crippen molar-refractivity contribution in [3.05, 3.63) is 70.7 Å². The van der Waals surface area contributed by atoms with Crippen LogP contribution in [-0.4, -0.2) is 24.9 Å². The second-order valence-corrected chi connectivity index (χ2v) is 6.76. The maximum absolute atomic E-state index is 12.7. The Morgan fingerprint density at radius 3 is 2.16 bits per heavy atom. The Morgan fingerprint density at radius 2 is 1.56 bits per heavy atom. The van der Waals surface area contributed by atoms with Gasteiger partial charge in [0, 0.05) is 23.7 Å². The SMILES string of the molecule is O=C(NCCNC(=O)C1(c2ccc(Cl)cc2)CCC1)c1ccccc1. The van der Waals surface area contributed by atoms with Crippen molar-refractivity contribution in [2.75, 3.05) is 13.1 Å². The molecule has 5 heteroatoms. The zero-order valence-electron chi connectivity index (χ0n) is 13.9. The van der Waals surface area contributed by atoms with Gasteiger partial charge in [0.15, 0.2) is 0 Å². The normalized spacial score (nSPS) is 15.1. The van der Waals surface area contributed by atoms with E-state index in [1.807, 2.05) is 42.5 Å².